The predicted octanol–water partition coefficient (Wildman–Crippen LogP) is 2.37. The number of carbonyl (C=O) groups is 1. The molecular weight excluding hydrogens is 238 g/mol. The summed E-state index contributed by atoms with van der Waals surface area (Å²) in [4.78, 5) is 13.5. The Morgan fingerprint density at radius 3 is 2.35 bits per heavy atom. The van der Waals surface area contributed by atoms with Crippen LogP contribution in [0.15, 0.2) is 30.3 Å². The topological polar surface area (TPSA) is 40.5 Å². The summed E-state index contributed by atoms with van der Waals surface area (Å²) in [5, 5.41) is 9.26. The number of hydrogen-bond donors (Lipinski definition) is 1. The van der Waals surface area contributed by atoms with Gasteiger partial charge in [-0.25, -0.2) is 0 Å². The zero-order chi connectivity index (χ0) is 11.4. The van der Waals surface area contributed by atoms with Gasteiger partial charge in [-0.05, 0) is 31.5 Å². The Balaban J connectivity index is 0.00000144. The molecule has 1 aliphatic heterocycles. The van der Waals surface area contributed by atoms with Crippen LogP contribution < -0.4 is 0 Å². The number of rotatable bonds is 4. The predicted molar refractivity (Wildman–Crippen MR) is 69.7 cm³/mol. The van der Waals surface area contributed by atoms with E-state index in [0.717, 1.165) is 18.7 Å². The van der Waals surface area contributed by atoms with E-state index in [4.69, 9.17) is 0 Å². The van der Waals surface area contributed by atoms with Crippen LogP contribution in [0.4, 0.5) is 0 Å². The average molecular weight is 256 g/mol. The molecule has 1 aromatic carbocycles. The highest BCUT2D eigenvalue weighted by Crippen LogP contribution is 2.19. The molecular formula is C13H18ClNO2. The van der Waals surface area contributed by atoms with Crippen LogP contribution in [0.25, 0.3) is 0 Å². The minimum atomic E-state index is -0.724. The lowest BCUT2D eigenvalue weighted by molar-refractivity contribution is -0.139. The van der Waals surface area contributed by atoms with E-state index in [2.05, 4.69) is 4.90 Å². The highest BCUT2D eigenvalue weighted by atomic mass is 35.5. The summed E-state index contributed by atoms with van der Waals surface area (Å²) in [7, 11) is 0. The molecule has 1 atom stereocenters. The molecule has 0 aliphatic carbocycles. The highest BCUT2D eigenvalue weighted by molar-refractivity contribution is 5.85. The molecule has 1 aliphatic rings. The third kappa shape index (κ3) is 3.72. The molecule has 1 heterocycles. The molecule has 0 bridgehead atoms. The Kier molecular flexibility index (Phi) is 5.45. The number of likely N-dealkylation sites (tertiary alicyclic amines) is 1. The van der Waals surface area contributed by atoms with Gasteiger partial charge in [-0.15, -0.1) is 12.4 Å². The zero-order valence-electron chi connectivity index (χ0n) is 9.71. The monoisotopic (exact) mass is 255 g/mol. The largest absolute Gasteiger partial charge is 0.481 e. The molecule has 17 heavy (non-hydrogen) atoms. The van der Waals surface area contributed by atoms with Crippen molar-refractivity contribution in [3.63, 3.8) is 0 Å². The molecule has 0 radical (unpaired) electrons. The van der Waals surface area contributed by atoms with E-state index in [1.54, 1.807) is 0 Å². The maximum absolute atomic E-state index is 11.3. The fourth-order valence-electron chi connectivity index (χ4n) is 2.23. The summed E-state index contributed by atoms with van der Waals surface area (Å²) in [5.74, 6) is -1.11. The van der Waals surface area contributed by atoms with Crippen LogP contribution in [0.1, 0.15) is 24.3 Å². The first-order valence-electron chi connectivity index (χ1n) is 5.77. The summed E-state index contributed by atoms with van der Waals surface area (Å²) in [6.07, 6.45) is 2.39. The summed E-state index contributed by atoms with van der Waals surface area (Å²) >= 11 is 0. The van der Waals surface area contributed by atoms with Gasteiger partial charge in [-0.1, -0.05) is 30.3 Å². The van der Waals surface area contributed by atoms with E-state index < -0.39 is 5.97 Å². The SMILES string of the molecule is Cl.O=C(O)C(CN1CCCC1)c1ccccc1. The van der Waals surface area contributed by atoms with Gasteiger partial charge in [-0.3, -0.25) is 4.79 Å². The molecule has 1 fully saturated rings. The van der Waals surface area contributed by atoms with Crippen molar-refractivity contribution >= 4 is 18.4 Å². The summed E-state index contributed by atoms with van der Waals surface area (Å²) in [6, 6.07) is 9.51. The molecule has 1 aromatic rings. The minimum Gasteiger partial charge on any atom is -0.481 e. The Bertz CT molecular complexity index is 350. The molecule has 3 nitrogen and oxygen atoms in total. The molecule has 1 unspecified atom stereocenters. The van der Waals surface area contributed by atoms with Gasteiger partial charge < -0.3 is 10.0 Å². The van der Waals surface area contributed by atoms with Crippen LogP contribution in [0.3, 0.4) is 0 Å². The van der Waals surface area contributed by atoms with Crippen LogP contribution in [0.2, 0.25) is 0 Å². The Morgan fingerprint density at radius 1 is 1.24 bits per heavy atom. The van der Waals surface area contributed by atoms with Gasteiger partial charge in [0.15, 0.2) is 0 Å². The molecule has 0 spiro atoms. The van der Waals surface area contributed by atoms with E-state index in [0.29, 0.717) is 6.54 Å². The van der Waals surface area contributed by atoms with Gasteiger partial charge in [0, 0.05) is 6.54 Å². The van der Waals surface area contributed by atoms with Crippen LogP contribution >= 0.6 is 12.4 Å². The normalized spacial score (nSPS) is 17.4. The maximum atomic E-state index is 11.3. The van der Waals surface area contributed by atoms with Crippen LogP contribution in [0, 0.1) is 0 Å². The molecule has 0 amide bonds. The third-order valence-electron chi connectivity index (χ3n) is 3.14. The van der Waals surface area contributed by atoms with Gasteiger partial charge in [0.2, 0.25) is 0 Å². The minimum absolute atomic E-state index is 0. The van der Waals surface area contributed by atoms with Crippen molar-refractivity contribution in [3.8, 4) is 0 Å². The van der Waals surface area contributed by atoms with E-state index in [1.807, 2.05) is 30.3 Å². The number of benzene rings is 1. The third-order valence-corrected chi connectivity index (χ3v) is 3.14. The van der Waals surface area contributed by atoms with Gasteiger partial charge in [0.05, 0.1) is 5.92 Å². The molecule has 1 N–H and O–H groups in total. The lowest BCUT2D eigenvalue weighted by Crippen LogP contribution is -2.29. The summed E-state index contributed by atoms with van der Waals surface area (Å²) in [6.45, 7) is 2.71. The van der Waals surface area contributed by atoms with Crippen molar-refractivity contribution in [2.75, 3.05) is 19.6 Å². The first-order chi connectivity index (χ1) is 7.77. The number of nitrogens with zero attached hydrogens (tertiary/aromatic N) is 1. The number of carboxylic acids is 1. The van der Waals surface area contributed by atoms with Crippen molar-refractivity contribution in [2.45, 2.75) is 18.8 Å². The van der Waals surface area contributed by atoms with Crippen molar-refractivity contribution in [3.05, 3.63) is 35.9 Å². The Morgan fingerprint density at radius 2 is 1.82 bits per heavy atom. The fraction of sp³-hybridized carbons (Fsp3) is 0.462. The molecule has 94 valence electrons. The molecule has 1 saturated heterocycles. The first kappa shape index (κ1) is 14.0. The highest BCUT2D eigenvalue weighted by Gasteiger charge is 2.24. The Hall–Kier alpha value is -1.06. The zero-order valence-corrected chi connectivity index (χ0v) is 10.5. The maximum Gasteiger partial charge on any atom is 0.312 e. The van der Waals surface area contributed by atoms with Crippen molar-refractivity contribution in [1.82, 2.24) is 4.90 Å². The van der Waals surface area contributed by atoms with E-state index in [-0.39, 0.29) is 18.3 Å². The van der Waals surface area contributed by atoms with Crippen molar-refractivity contribution in [1.29, 1.82) is 0 Å². The van der Waals surface area contributed by atoms with E-state index in [9.17, 15) is 9.90 Å². The van der Waals surface area contributed by atoms with Crippen LogP contribution in [0.5, 0.6) is 0 Å². The number of hydrogen-bond acceptors (Lipinski definition) is 2. The van der Waals surface area contributed by atoms with Gasteiger partial charge in [0.1, 0.15) is 0 Å². The van der Waals surface area contributed by atoms with Crippen LogP contribution in [-0.2, 0) is 4.79 Å². The smallest absolute Gasteiger partial charge is 0.312 e. The van der Waals surface area contributed by atoms with Gasteiger partial charge in [-0.2, -0.15) is 0 Å². The molecule has 0 saturated carbocycles. The second kappa shape index (κ2) is 6.62. The van der Waals surface area contributed by atoms with Crippen molar-refractivity contribution < 1.29 is 9.90 Å². The fourth-order valence-corrected chi connectivity index (χ4v) is 2.23. The van der Waals surface area contributed by atoms with Gasteiger partial charge >= 0.3 is 5.97 Å². The number of aliphatic carboxylic acids is 1. The average Bonchev–Trinajstić information content (AvgIpc) is 2.79. The number of carboxylic acid groups (broad SMARTS) is 1. The Labute approximate surface area is 108 Å². The first-order valence-corrected chi connectivity index (χ1v) is 5.77. The summed E-state index contributed by atoms with van der Waals surface area (Å²) in [5.41, 5.74) is 0.905. The number of halogens is 1. The van der Waals surface area contributed by atoms with Crippen molar-refractivity contribution in [2.24, 2.45) is 0 Å². The molecule has 4 heteroatoms. The lowest BCUT2D eigenvalue weighted by Gasteiger charge is -2.20. The van der Waals surface area contributed by atoms with E-state index in [1.165, 1.54) is 12.8 Å². The second-order valence-corrected chi connectivity index (χ2v) is 4.31. The van der Waals surface area contributed by atoms with E-state index >= 15 is 0 Å². The van der Waals surface area contributed by atoms with Gasteiger partial charge in [0.25, 0.3) is 0 Å². The standard InChI is InChI=1S/C13H17NO2.ClH/c15-13(16)12(10-14-8-4-5-9-14)11-6-2-1-3-7-11;/h1-3,6-7,12H,4-5,8-10H2,(H,15,16);1H. The second-order valence-electron chi connectivity index (χ2n) is 4.31. The molecule has 0 aromatic heterocycles. The lowest BCUT2D eigenvalue weighted by atomic mass is 9.99. The van der Waals surface area contributed by atoms with Crippen LogP contribution in [-0.4, -0.2) is 35.6 Å². The summed E-state index contributed by atoms with van der Waals surface area (Å²) < 4.78 is 0. The molecule has 2 rings (SSSR count). The quantitative estimate of drug-likeness (QED) is 0.898.